The number of carboxylic acid groups (broad SMARTS) is 2. The number of ether oxygens (including phenoxy) is 2. The van der Waals surface area contributed by atoms with Gasteiger partial charge in [-0.2, -0.15) is 0 Å². The van der Waals surface area contributed by atoms with Crippen LogP contribution in [0, 0.1) is 17.8 Å². The van der Waals surface area contributed by atoms with Crippen molar-refractivity contribution in [2.75, 3.05) is 33.0 Å². The fourth-order valence-electron chi connectivity index (χ4n) is 7.64. The predicted octanol–water partition coefficient (Wildman–Crippen LogP) is 7.18. The number of aromatic hydroxyl groups is 1. The van der Waals surface area contributed by atoms with Crippen LogP contribution in [0.1, 0.15) is 174 Å². The van der Waals surface area contributed by atoms with Gasteiger partial charge in [-0.25, -0.2) is 4.79 Å². The Morgan fingerprint density at radius 2 is 1.14 bits per heavy atom. The van der Waals surface area contributed by atoms with Gasteiger partial charge in [-0.05, 0) is 62.1 Å². The Bertz CT molecular complexity index is 1580. The molecule has 0 aliphatic heterocycles. The van der Waals surface area contributed by atoms with E-state index in [1.807, 2.05) is 13.8 Å². The lowest BCUT2D eigenvalue weighted by Gasteiger charge is -2.19. The van der Waals surface area contributed by atoms with E-state index >= 15 is 0 Å². The van der Waals surface area contributed by atoms with Gasteiger partial charge in [0.05, 0.1) is 13.2 Å². The highest BCUT2D eigenvalue weighted by atomic mass is 16.5. The summed E-state index contributed by atoms with van der Waals surface area (Å²) in [5.74, 6) is -4.92. The zero-order valence-corrected chi connectivity index (χ0v) is 39.8. The summed E-state index contributed by atoms with van der Waals surface area (Å²) in [7, 11) is 0. The Kier molecular flexibility index (Phi) is 33.6. The maximum atomic E-state index is 13.4. The molecular weight excluding hydrogens is 851 g/mol. The van der Waals surface area contributed by atoms with Crippen LogP contribution in [-0.2, 0) is 54.3 Å². The maximum absolute atomic E-state index is 13.4. The molecule has 1 rings (SSSR count). The number of Topliss-reactive ketones (excluding diaryl/α,β-unsaturated/α-hetero) is 3. The Hall–Kier alpha value is -4.70. The third kappa shape index (κ3) is 32.9. The first-order valence-electron chi connectivity index (χ1n) is 24.4. The molecule has 3 amide bonds. The van der Waals surface area contributed by atoms with Gasteiger partial charge in [0.25, 0.3) is 0 Å². The molecule has 7 N–H and O–H groups in total. The maximum Gasteiger partial charge on any atom is 0.326 e. The first-order valence-corrected chi connectivity index (χ1v) is 24.4. The van der Waals surface area contributed by atoms with Gasteiger partial charge in [0, 0.05) is 56.9 Å². The topological polar surface area (TPSA) is 266 Å². The number of carboxylic acids is 2. The second kappa shape index (κ2) is 37.4. The minimum absolute atomic E-state index is 0.0254. The third-order valence-corrected chi connectivity index (χ3v) is 11.4. The summed E-state index contributed by atoms with van der Waals surface area (Å²) in [4.78, 5) is 97.6. The van der Waals surface area contributed by atoms with E-state index in [-0.39, 0.29) is 112 Å². The molecule has 0 aromatic heterocycles. The van der Waals surface area contributed by atoms with E-state index in [0.717, 1.165) is 50.5 Å². The van der Waals surface area contributed by atoms with E-state index in [4.69, 9.17) is 20.3 Å². The zero-order valence-electron chi connectivity index (χ0n) is 39.8. The number of nitrogens with one attached hydrogen (secondary N) is 2. The molecule has 3 atom stereocenters. The lowest BCUT2D eigenvalue weighted by molar-refractivity contribution is -0.142. The van der Waals surface area contributed by atoms with Crippen molar-refractivity contribution in [1.82, 2.24) is 10.6 Å². The highest BCUT2D eigenvalue weighted by Crippen LogP contribution is 2.23. The number of aliphatic carboxylic acids is 2. The van der Waals surface area contributed by atoms with Crippen LogP contribution in [-0.4, -0.2) is 101 Å². The smallest absolute Gasteiger partial charge is 0.326 e. The molecule has 0 spiro atoms. The minimum Gasteiger partial charge on any atom is -0.508 e. The molecule has 374 valence electrons. The third-order valence-electron chi connectivity index (χ3n) is 11.4. The predicted molar refractivity (Wildman–Crippen MR) is 251 cm³/mol. The summed E-state index contributed by atoms with van der Waals surface area (Å²) >= 11 is 0. The van der Waals surface area contributed by atoms with Gasteiger partial charge in [-0.3, -0.25) is 33.6 Å². The number of hydrogen-bond acceptors (Lipinski definition) is 11. The molecule has 0 aliphatic rings. The summed E-state index contributed by atoms with van der Waals surface area (Å²) < 4.78 is 10.7. The Morgan fingerprint density at radius 3 is 1.67 bits per heavy atom. The molecule has 1 unspecified atom stereocenters. The quantitative estimate of drug-likeness (QED) is 0.0355. The lowest BCUT2D eigenvalue weighted by atomic mass is 9.84. The van der Waals surface area contributed by atoms with E-state index in [2.05, 4.69) is 10.6 Å². The van der Waals surface area contributed by atoms with Crippen LogP contribution in [0.5, 0.6) is 5.75 Å². The highest BCUT2D eigenvalue weighted by molar-refractivity contribution is 5.91. The second-order valence-corrected chi connectivity index (χ2v) is 18.0. The van der Waals surface area contributed by atoms with Gasteiger partial charge >= 0.3 is 11.9 Å². The van der Waals surface area contributed by atoms with Gasteiger partial charge in [0.1, 0.15) is 36.6 Å². The van der Waals surface area contributed by atoms with Gasteiger partial charge in [-0.15, -0.1) is 0 Å². The van der Waals surface area contributed by atoms with Crippen molar-refractivity contribution in [3.05, 3.63) is 29.8 Å². The SMILES string of the molecule is CC(C)CC(=O)C[C@@H](CCCCNC(=O)COCCOCC(=O)CCC(NC(=O)CCCCCCCCCCCCCCCCC(=O)O)C(=O)O)C(=O)C[C@@H](Cc1ccc(O)cc1)C(N)=O. The summed E-state index contributed by atoms with van der Waals surface area (Å²) in [6.45, 7) is 3.76. The van der Waals surface area contributed by atoms with Crippen LogP contribution < -0.4 is 16.4 Å². The number of ketones is 3. The summed E-state index contributed by atoms with van der Waals surface area (Å²) in [5.41, 5.74) is 6.39. The molecule has 16 heteroatoms. The lowest BCUT2D eigenvalue weighted by Crippen LogP contribution is -2.41. The molecule has 0 saturated heterocycles. The summed E-state index contributed by atoms with van der Waals surface area (Å²) in [6.07, 6.45) is 17.3. The Balaban J connectivity index is 2.20. The van der Waals surface area contributed by atoms with Gasteiger partial charge < -0.3 is 41.2 Å². The fourth-order valence-corrected chi connectivity index (χ4v) is 7.64. The van der Waals surface area contributed by atoms with E-state index in [9.17, 15) is 48.6 Å². The van der Waals surface area contributed by atoms with Crippen molar-refractivity contribution < 1.29 is 63.1 Å². The van der Waals surface area contributed by atoms with Crippen molar-refractivity contribution in [1.29, 1.82) is 0 Å². The first kappa shape index (κ1) is 59.3. The molecule has 0 aliphatic carbocycles. The average molecular weight is 932 g/mol. The summed E-state index contributed by atoms with van der Waals surface area (Å²) in [5, 5.41) is 33.1. The number of amides is 3. The Labute approximate surface area is 392 Å². The minimum atomic E-state index is -1.21. The van der Waals surface area contributed by atoms with E-state index in [0.29, 0.717) is 38.6 Å². The van der Waals surface area contributed by atoms with Crippen molar-refractivity contribution in [3.8, 4) is 5.75 Å². The number of phenolic OH excluding ortho intramolecular Hbond substituents is 1. The number of carbonyl (C=O) groups is 8. The zero-order chi connectivity index (χ0) is 49.0. The van der Waals surface area contributed by atoms with Gasteiger partial charge in [0.2, 0.25) is 17.7 Å². The number of hydrogen-bond donors (Lipinski definition) is 6. The van der Waals surface area contributed by atoms with Crippen LogP contribution in [0.2, 0.25) is 0 Å². The second-order valence-electron chi connectivity index (χ2n) is 18.0. The first-order chi connectivity index (χ1) is 31.6. The van der Waals surface area contributed by atoms with Gasteiger partial charge in [0.15, 0.2) is 5.78 Å². The molecule has 1 aromatic carbocycles. The Morgan fingerprint density at radius 1 is 0.591 bits per heavy atom. The number of primary amides is 1. The molecule has 0 saturated carbocycles. The molecule has 1 aromatic rings. The molecular formula is C50H81N3O13. The molecule has 66 heavy (non-hydrogen) atoms. The molecule has 0 bridgehead atoms. The van der Waals surface area contributed by atoms with Crippen molar-refractivity contribution >= 4 is 47.0 Å². The van der Waals surface area contributed by atoms with Crippen LogP contribution >= 0.6 is 0 Å². The molecule has 0 radical (unpaired) electrons. The van der Waals surface area contributed by atoms with E-state index in [1.165, 1.54) is 50.7 Å². The van der Waals surface area contributed by atoms with Crippen molar-refractivity contribution in [2.24, 2.45) is 23.5 Å². The number of rotatable bonds is 44. The van der Waals surface area contributed by atoms with Crippen molar-refractivity contribution in [3.63, 3.8) is 0 Å². The van der Waals surface area contributed by atoms with Crippen LogP contribution in [0.25, 0.3) is 0 Å². The highest BCUT2D eigenvalue weighted by Gasteiger charge is 2.27. The van der Waals surface area contributed by atoms with Crippen LogP contribution in [0.3, 0.4) is 0 Å². The largest absolute Gasteiger partial charge is 0.508 e. The van der Waals surface area contributed by atoms with Crippen LogP contribution in [0.4, 0.5) is 0 Å². The fraction of sp³-hybridized carbons (Fsp3) is 0.720. The monoisotopic (exact) mass is 932 g/mol. The van der Waals surface area contributed by atoms with Crippen LogP contribution in [0.15, 0.2) is 24.3 Å². The summed E-state index contributed by atoms with van der Waals surface area (Å²) in [6, 6.07) is 5.16. The van der Waals surface area contributed by atoms with Gasteiger partial charge in [-0.1, -0.05) is 109 Å². The molecule has 0 fully saturated rings. The van der Waals surface area contributed by atoms with Crippen molar-refractivity contribution in [2.45, 2.75) is 180 Å². The molecule has 0 heterocycles. The standard InChI is InChI=1S/C50H81N3O13/c1-37(2)31-43(56)33-39(45(57)34-40(49(51)62)32-38-22-24-41(54)25-23-38)19-17-18-28-52-47(59)36-66-30-29-65-35-42(55)26-27-44(50(63)64)53-46(58)20-15-13-11-9-7-5-3-4-6-8-10-12-14-16-21-48(60)61/h22-25,37,39-40,44,54H,3-21,26-36H2,1-2H3,(H2,51,62)(H,52,59)(H,53,58)(H,60,61)(H,63,64)/t39-,40-,44?/m1/s1. The molecule has 16 nitrogen and oxygen atoms in total. The average Bonchev–Trinajstić information content (AvgIpc) is 3.25. The number of phenols is 1. The number of benzene rings is 1. The normalized spacial score (nSPS) is 12.6. The number of nitrogens with two attached hydrogens (primary N) is 1. The van der Waals surface area contributed by atoms with E-state index < -0.39 is 35.7 Å². The number of unbranched alkanes of at least 4 members (excludes halogenated alkanes) is 14. The number of carbonyl (C=O) groups excluding carboxylic acids is 6. The van der Waals surface area contributed by atoms with E-state index in [1.54, 1.807) is 12.1 Å².